The average Bonchev–Trinajstić information content (AvgIpc) is 3.77. The molecule has 2 aliphatic heterocycles. The fourth-order valence-corrected chi connectivity index (χ4v) is 5.71. The second kappa shape index (κ2) is 12.0. The predicted octanol–water partition coefficient (Wildman–Crippen LogP) is 6.51. The molecule has 3 heterocycles. The molecule has 0 unspecified atom stereocenters. The first-order chi connectivity index (χ1) is 20.5. The molecule has 9 nitrogen and oxygen atoms in total. The van der Waals surface area contributed by atoms with Crippen molar-refractivity contribution in [1.29, 1.82) is 0 Å². The second-order valence-electron chi connectivity index (χ2n) is 10.8. The number of aryl methyl sites for hydroxylation is 2. The number of carbonyl (C=O) groups excluding carboxylic acids is 1. The number of aromatic nitrogens is 2. The Morgan fingerprint density at radius 3 is 2.50 bits per heavy atom. The number of carbonyl (C=O) groups is 1. The van der Waals surface area contributed by atoms with Gasteiger partial charge in [0.05, 0.1) is 21.9 Å². The molecule has 0 spiro atoms. The van der Waals surface area contributed by atoms with Crippen molar-refractivity contribution in [3.63, 3.8) is 0 Å². The summed E-state index contributed by atoms with van der Waals surface area (Å²) in [5.74, 6) is 0.627. The first kappa shape index (κ1) is 27.4. The Kier molecular flexibility index (Phi) is 7.83. The standard InChI is InChI=1S/C33H34N6O3/c1-2-30-34-21-29(36-30)23-11-13-25(14-12-23)35-32(31-27-20-26(39(41)42)15-16-28(27)37-33(31)40)24-9-7-22(8-10-24)6-5-19-38-17-3-4-18-38/h7-16,20-21,35H,2-6,17-19H2,1H3,(H,34,36)(H,37,40). The zero-order chi connectivity index (χ0) is 29.1. The molecular formula is C33H34N6O3. The molecule has 2 aliphatic rings. The summed E-state index contributed by atoms with van der Waals surface area (Å²) in [7, 11) is 0. The van der Waals surface area contributed by atoms with Gasteiger partial charge >= 0.3 is 0 Å². The summed E-state index contributed by atoms with van der Waals surface area (Å²) in [4.78, 5) is 34.8. The van der Waals surface area contributed by atoms with E-state index >= 15 is 0 Å². The number of non-ortho nitro benzene ring substituents is 1. The van der Waals surface area contributed by atoms with Crippen molar-refractivity contribution in [2.75, 3.05) is 30.3 Å². The van der Waals surface area contributed by atoms with E-state index < -0.39 is 4.92 Å². The normalized spacial score (nSPS) is 15.9. The van der Waals surface area contributed by atoms with Crippen LogP contribution in [0.15, 0.2) is 72.9 Å². The first-order valence-corrected chi connectivity index (χ1v) is 14.6. The van der Waals surface area contributed by atoms with E-state index in [9.17, 15) is 14.9 Å². The molecule has 214 valence electrons. The highest BCUT2D eigenvalue weighted by atomic mass is 16.6. The predicted molar refractivity (Wildman–Crippen MR) is 166 cm³/mol. The fraction of sp³-hybridized carbons (Fsp3) is 0.273. The number of likely N-dealkylation sites (tertiary alicyclic amines) is 1. The summed E-state index contributed by atoms with van der Waals surface area (Å²) < 4.78 is 0. The number of fused-ring (bicyclic) bond motifs is 1. The van der Waals surface area contributed by atoms with Gasteiger partial charge in [0.1, 0.15) is 5.82 Å². The van der Waals surface area contributed by atoms with Crippen molar-refractivity contribution in [2.45, 2.75) is 39.0 Å². The van der Waals surface area contributed by atoms with Gasteiger partial charge in [-0.15, -0.1) is 0 Å². The molecule has 1 saturated heterocycles. The molecule has 6 rings (SSSR count). The number of rotatable bonds is 10. The van der Waals surface area contributed by atoms with E-state index in [-0.39, 0.29) is 11.6 Å². The second-order valence-corrected chi connectivity index (χ2v) is 10.8. The molecule has 0 bridgehead atoms. The topological polar surface area (TPSA) is 116 Å². The Balaban J connectivity index is 1.32. The number of hydrogen-bond acceptors (Lipinski definition) is 6. The number of nitrogens with zero attached hydrogens (tertiary/aromatic N) is 3. The summed E-state index contributed by atoms with van der Waals surface area (Å²) in [6, 6.07) is 20.6. The van der Waals surface area contributed by atoms with Gasteiger partial charge in [-0.05, 0) is 74.6 Å². The first-order valence-electron chi connectivity index (χ1n) is 14.6. The van der Waals surface area contributed by atoms with Crippen LogP contribution in [0.1, 0.15) is 48.7 Å². The Morgan fingerprint density at radius 2 is 1.81 bits per heavy atom. The van der Waals surface area contributed by atoms with Crippen LogP contribution in [-0.4, -0.2) is 45.3 Å². The minimum absolute atomic E-state index is 0.0646. The quantitative estimate of drug-likeness (QED) is 0.115. The molecule has 0 radical (unpaired) electrons. The van der Waals surface area contributed by atoms with Gasteiger partial charge in [-0.2, -0.15) is 0 Å². The van der Waals surface area contributed by atoms with Gasteiger partial charge in [0, 0.05) is 47.3 Å². The highest BCUT2D eigenvalue weighted by Gasteiger charge is 2.30. The van der Waals surface area contributed by atoms with Gasteiger partial charge in [0.15, 0.2) is 0 Å². The number of nitrogens with one attached hydrogen (secondary N) is 3. The fourth-order valence-electron chi connectivity index (χ4n) is 5.71. The van der Waals surface area contributed by atoms with E-state index in [4.69, 9.17) is 0 Å². The number of aromatic amines is 1. The Hall–Kier alpha value is -4.76. The molecule has 42 heavy (non-hydrogen) atoms. The monoisotopic (exact) mass is 562 g/mol. The van der Waals surface area contributed by atoms with E-state index in [1.807, 2.05) is 42.6 Å². The van der Waals surface area contributed by atoms with Crippen molar-refractivity contribution < 1.29 is 9.72 Å². The lowest BCUT2D eigenvalue weighted by atomic mass is 9.98. The van der Waals surface area contributed by atoms with Crippen molar-refractivity contribution in [2.24, 2.45) is 0 Å². The van der Waals surface area contributed by atoms with E-state index in [0.29, 0.717) is 22.5 Å². The molecule has 1 amide bonds. The lowest BCUT2D eigenvalue weighted by Gasteiger charge is -2.16. The number of nitro benzene ring substituents is 1. The van der Waals surface area contributed by atoms with Crippen molar-refractivity contribution >= 4 is 34.2 Å². The van der Waals surface area contributed by atoms with E-state index in [2.05, 4.69) is 44.6 Å². The average molecular weight is 563 g/mol. The highest BCUT2D eigenvalue weighted by molar-refractivity contribution is 6.37. The molecule has 3 aromatic carbocycles. The molecule has 1 fully saturated rings. The van der Waals surface area contributed by atoms with Crippen molar-refractivity contribution in [3.05, 3.63) is 106 Å². The summed E-state index contributed by atoms with van der Waals surface area (Å²) in [5, 5.41) is 17.9. The number of anilines is 2. The largest absolute Gasteiger partial charge is 0.354 e. The number of hydrogen-bond donors (Lipinski definition) is 3. The van der Waals surface area contributed by atoms with Crippen molar-refractivity contribution in [1.82, 2.24) is 14.9 Å². The lowest BCUT2D eigenvalue weighted by Crippen LogP contribution is -2.20. The van der Waals surface area contributed by atoms with Crippen LogP contribution in [0.3, 0.4) is 0 Å². The Morgan fingerprint density at radius 1 is 1.05 bits per heavy atom. The third-order valence-corrected chi connectivity index (χ3v) is 8.01. The minimum atomic E-state index is -0.442. The van der Waals surface area contributed by atoms with Gasteiger partial charge in [0.2, 0.25) is 0 Å². The number of benzene rings is 3. The van der Waals surface area contributed by atoms with E-state index in [0.717, 1.165) is 54.1 Å². The smallest absolute Gasteiger partial charge is 0.270 e. The summed E-state index contributed by atoms with van der Waals surface area (Å²) in [5.41, 5.74) is 6.66. The summed E-state index contributed by atoms with van der Waals surface area (Å²) in [6.07, 6.45) is 7.41. The van der Waals surface area contributed by atoms with E-state index in [1.54, 1.807) is 6.07 Å². The van der Waals surface area contributed by atoms with Gasteiger partial charge in [-0.3, -0.25) is 14.9 Å². The van der Waals surface area contributed by atoms with Crippen LogP contribution in [0.4, 0.5) is 17.1 Å². The molecule has 0 saturated carbocycles. The zero-order valence-corrected chi connectivity index (χ0v) is 23.7. The number of nitro groups is 1. The maximum absolute atomic E-state index is 13.3. The van der Waals surface area contributed by atoms with Crippen LogP contribution < -0.4 is 10.6 Å². The molecule has 4 aromatic rings. The van der Waals surface area contributed by atoms with Crippen LogP contribution in [0.2, 0.25) is 0 Å². The molecule has 3 N–H and O–H groups in total. The van der Waals surface area contributed by atoms with Gasteiger partial charge in [0.25, 0.3) is 11.6 Å². The molecule has 9 heteroatoms. The lowest BCUT2D eigenvalue weighted by molar-refractivity contribution is -0.384. The van der Waals surface area contributed by atoms with Crippen molar-refractivity contribution in [3.8, 4) is 11.3 Å². The maximum atomic E-state index is 13.3. The van der Waals surface area contributed by atoms with Gasteiger partial charge in [-0.1, -0.05) is 43.3 Å². The maximum Gasteiger partial charge on any atom is 0.270 e. The van der Waals surface area contributed by atoms with Crippen LogP contribution in [0.5, 0.6) is 0 Å². The van der Waals surface area contributed by atoms with Crippen LogP contribution in [0.25, 0.3) is 22.5 Å². The Labute approximate surface area is 244 Å². The highest BCUT2D eigenvalue weighted by Crippen LogP contribution is 2.39. The van der Waals surface area contributed by atoms with E-state index in [1.165, 1.54) is 43.6 Å². The third-order valence-electron chi connectivity index (χ3n) is 8.01. The van der Waals surface area contributed by atoms with Crippen LogP contribution in [0, 0.1) is 10.1 Å². The molecular weight excluding hydrogens is 528 g/mol. The summed E-state index contributed by atoms with van der Waals surface area (Å²) in [6.45, 7) is 5.57. The SMILES string of the molecule is CCc1nc(-c2ccc(NC(=C3C(=O)Nc4ccc([N+](=O)[O-])cc43)c3ccc(CCCN4CCCC4)cc3)cc2)c[nH]1. The third kappa shape index (κ3) is 5.82. The van der Waals surface area contributed by atoms with Gasteiger partial charge in [-0.25, -0.2) is 4.98 Å². The van der Waals surface area contributed by atoms with Gasteiger partial charge < -0.3 is 20.5 Å². The number of imidazole rings is 1. The number of amides is 1. The number of H-pyrrole nitrogens is 1. The molecule has 0 aliphatic carbocycles. The Bertz CT molecular complexity index is 1630. The summed E-state index contributed by atoms with van der Waals surface area (Å²) >= 11 is 0. The molecule has 0 atom stereocenters. The minimum Gasteiger partial charge on any atom is -0.354 e. The van der Waals surface area contributed by atoms with Crippen LogP contribution in [-0.2, 0) is 17.6 Å². The van der Waals surface area contributed by atoms with Crippen LogP contribution >= 0.6 is 0 Å². The zero-order valence-electron chi connectivity index (χ0n) is 23.7. The molecule has 1 aromatic heterocycles.